The summed E-state index contributed by atoms with van der Waals surface area (Å²) < 4.78 is 0. The lowest BCUT2D eigenvalue weighted by atomic mass is 9.47. The molecule has 2 heteroatoms. The average molecular weight is 429 g/mol. The molecule has 0 radical (unpaired) electrons. The first-order valence-electron chi connectivity index (χ1n) is 13.3. The molecule has 0 aliphatic heterocycles. The second-order valence-electron chi connectivity index (χ2n) is 12.8. The van der Waals surface area contributed by atoms with Crippen LogP contribution in [0.25, 0.3) is 0 Å². The van der Waals surface area contributed by atoms with Gasteiger partial charge in [0.05, 0.1) is 11.7 Å². The van der Waals surface area contributed by atoms with Crippen LogP contribution in [0.3, 0.4) is 0 Å². The van der Waals surface area contributed by atoms with Gasteiger partial charge < -0.3 is 10.2 Å². The molecular formula is C29H48O2. The van der Waals surface area contributed by atoms with Crippen molar-refractivity contribution >= 4 is 0 Å². The summed E-state index contributed by atoms with van der Waals surface area (Å²) in [5.41, 5.74) is 1.65. The largest absolute Gasteiger partial charge is 0.393 e. The summed E-state index contributed by atoms with van der Waals surface area (Å²) in [4.78, 5) is 0. The number of hydrogen-bond donors (Lipinski definition) is 2. The zero-order valence-corrected chi connectivity index (χ0v) is 20.9. The number of allylic oxidation sites excluding steroid dienone is 1. The summed E-state index contributed by atoms with van der Waals surface area (Å²) in [5.74, 6) is 4.17. The summed E-state index contributed by atoms with van der Waals surface area (Å²) in [6, 6.07) is 0. The van der Waals surface area contributed by atoms with Gasteiger partial charge in [0.15, 0.2) is 0 Å². The standard InChI is InChI=1S/C29H48O2/c1-7-29(31,19(2)3)17-12-20(4)24-10-11-25-23-9-8-21-18-22(30)13-15-27(21,5)26(23)14-16-28(24,25)6/h7-8,19-20,22-26,30-31H,1,9-18H2,2-6H3/t20?,22?,23?,24?,25?,26?,27-,28+,29?/m0/s1. The predicted molar refractivity (Wildman–Crippen MR) is 130 cm³/mol. The van der Waals surface area contributed by atoms with E-state index >= 15 is 0 Å². The van der Waals surface area contributed by atoms with Crippen molar-refractivity contribution in [3.8, 4) is 0 Å². The molecule has 0 spiro atoms. The number of hydrogen-bond acceptors (Lipinski definition) is 2. The Morgan fingerprint density at radius 3 is 2.55 bits per heavy atom. The molecule has 4 aliphatic rings. The molecule has 0 saturated heterocycles. The minimum Gasteiger partial charge on any atom is -0.393 e. The highest BCUT2D eigenvalue weighted by Crippen LogP contribution is 2.67. The minimum absolute atomic E-state index is 0.110. The normalized spacial score (nSPS) is 45.2. The van der Waals surface area contributed by atoms with Gasteiger partial charge in [-0.05, 0) is 111 Å². The third-order valence-electron chi connectivity index (χ3n) is 11.2. The van der Waals surface area contributed by atoms with E-state index in [0.29, 0.717) is 16.7 Å². The van der Waals surface area contributed by atoms with E-state index in [1.165, 1.54) is 38.5 Å². The zero-order chi connectivity index (χ0) is 22.6. The van der Waals surface area contributed by atoms with Crippen LogP contribution in [0.4, 0.5) is 0 Å². The van der Waals surface area contributed by atoms with Crippen molar-refractivity contribution < 1.29 is 10.2 Å². The highest BCUT2D eigenvalue weighted by molar-refractivity contribution is 5.25. The molecule has 3 saturated carbocycles. The predicted octanol–water partition coefficient (Wildman–Crippen LogP) is 6.92. The number of rotatable bonds is 6. The molecular weight excluding hydrogens is 380 g/mol. The fourth-order valence-corrected chi connectivity index (χ4v) is 8.90. The molecule has 3 fully saturated rings. The van der Waals surface area contributed by atoms with E-state index in [1.54, 1.807) is 11.6 Å². The fraction of sp³-hybridized carbons (Fsp3) is 0.862. The Morgan fingerprint density at radius 1 is 1.13 bits per heavy atom. The fourth-order valence-electron chi connectivity index (χ4n) is 8.90. The van der Waals surface area contributed by atoms with Crippen LogP contribution < -0.4 is 0 Å². The van der Waals surface area contributed by atoms with E-state index in [9.17, 15) is 10.2 Å². The number of aliphatic hydroxyl groups excluding tert-OH is 1. The van der Waals surface area contributed by atoms with Crippen LogP contribution >= 0.6 is 0 Å². The highest BCUT2D eigenvalue weighted by Gasteiger charge is 2.59. The lowest BCUT2D eigenvalue weighted by Crippen LogP contribution is -2.50. The van der Waals surface area contributed by atoms with Crippen molar-refractivity contribution in [3.05, 3.63) is 24.3 Å². The Hall–Kier alpha value is -0.600. The van der Waals surface area contributed by atoms with Crippen molar-refractivity contribution in [3.63, 3.8) is 0 Å². The number of fused-ring (bicyclic) bond motifs is 5. The first-order valence-corrected chi connectivity index (χ1v) is 13.3. The molecule has 4 aliphatic carbocycles. The molecule has 31 heavy (non-hydrogen) atoms. The molecule has 0 heterocycles. The van der Waals surface area contributed by atoms with Crippen LogP contribution in [-0.2, 0) is 0 Å². The summed E-state index contributed by atoms with van der Waals surface area (Å²) in [6.45, 7) is 15.7. The maximum absolute atomic E-state index is 11.0. The molecule has 0 aromatic heterocycles. The van der Waals surface area contributed by atoms with Crippen LogP contribution in [0.2, 0.25) is 0 Å². The smallest absolute Gasteiger partial charge is 0.0847 e. The minimum atomic E-state index is -0.727. The molecule has 176 valence electrons. The maximum Gasteiger partial charge on any atom is 0.0847 e. The van der Waals surface area contributed by atoms with E-state index in [2.05, 4.69) is 47.3 Å². The second kappa shape index (κ2) is 8.32. The van der Waals surface area contributed by atoms with Gasteiger partial charge in [-0.2, -0.15) is 0 Å². The Morgan fingerprint density at radius 2 is 1.87 bits per heavy atom. The molecule has 4 rings (SSSR count). The summed E-state index contributed by atoms with van der Waals surface area (Å²) in [7, 11) is 0. The average Bonchev–Trinajstić information content (AvgIpc) is 3.09. The Balaban J connectivity index is 1.49. The van der Waals surface area contributed by atoms with E-state index in [4.69, 9.17) is 0 Å². The van der Waals surface area contributed by atoms with Gasteiger partial charge in [0.1, 0.15) is 0 Å². The van der Waals surface area contributed by atoms with Gasteiger partial charge in [0, 0.05) is 0 Å². The SMILES string of the molecule is C=CC(O)(CCC(C)C1CCC2C3CC=C4CC(O)CC[C@]4(C)C3CC[C@]12C)C(C)C. The molecule has 0 aromatic rings. The molecule has 0 amide bonds. The van der Waals surface area contributed by atoms with Gasteiger partial charge in [0.2, 0.25) is 0 Å². The Kier molecular flexibility index (Phi) is 6.32. The topological polar surface area (TPSA) is 40.5 Å². The lowest BCUT2D eigenvalue weighted by Gasteiger charge is -2.58. The monoisotopic (exact) mass is 428 g/mol. The molecule has 2 nitrogen and oxygen atoms in total. The van der Waals surface area contributed by atoms with E-state index in [-0.39, 0.29) is 12.0 Å². The molecule has 0 aromatic carbocycles. The molecule has 7 unspecified atom stereocenters. The third kappa shape index (κ3) is 3.78. The van der Waals surface area contributed by atoms with Crippen LogP contribution in [0.5, 0.6) is 0 Å². The van der Waals surface area contributed by atoms with Crippen LogP contribution in [0, 0.1) is 46.3 Å². The van der Waals surface area contributed by atoms with Crippen LogP contribution in [-0.4, -0.2) is 21.9 Å². The van der Waals surface area contributed by atoms with Crippen molar-refractivity contribution in [2.45, 2.75) is 111 Å². The second-order valence-corrected chi connectivity index (χ2v) is 12.8. The van der Waals surface area contributed by atoms with Crippen LogP contribution in [0.1, 0.15) is 98.8 Å². The summed E-state index contributed by atoms with van der Waals surface area (Å²) in [6.07, 6.45) is 16.0. The van der Waals surface area contributed by atoms with Gasteiger partial charge in [-0.25, -0.2) is 0 Å². The third-order valence-corrected chi connectivity index (χ3v) is 11.2. The maximum atomic E-state index is 11.0. The van der Waals surface area contributed by atoms with Crippen LogP contribution in [0.15, 0.2) is 24.3 Å². The van der Waals surface area contributed by atoms with Crippen molar-refractivity contribution in [1.29, 1.82) is 0 Å². The molecule has 0 bridgehead atoms. The molecule has 9 atom stereocenters. The van der Waals surface area contributed by atoms with Gasteiger partial charge in [-0.3, -0.25) is 0 Å². The van der Waals surface area contributed by atoms with E-state index < -0.39 is 5.60 Å². The highest BCUT2D eigenvalue weighted by atomic mass is 16.3. The summed E-state index contributed by atoms with van der Waals surface area (Å²) in [5, 5.41) is 21.2. The first-order chi connectivity index (χ1) is 14.5. The van der Waals surface area contributed by atoms with E-state index in [1.807, 2.05) is 0 Å². The molecule has 2 N–H and O–H groups in total. The van der Waals surface area contributed by atoms with Crippen molar-refractivity contribution in [2.24, 2.45) is 46.3 Å². The van der Waals surface area contributed by atoms with Gasteiger partial charge >= 0.3 is 0 Å². The Labute approximate surface area is 191 Å². The van der Waals surface area contributed by atoms with Crippen molar-refractivity contribution in [2.75, 3.05) is 0 Å². The van der Waals surface area contributed by atoms with Gasteiger partial charge in [-0.15, -0.1) is 6.58 Å². The Bertz CT molecular complexity index is 710. The quantitative estimate of drug-likeness (QED) is 0.451. The van der Waals surface area contributed by atoms with Gasteiger partial charge in [0.25, 0.3) is 0 Å². The van der Waals surface area contributed by atoms with Gasteiger partial charge in [-0.1, -0.05) is 52.3 Å². The zero-order valence-electron chi connectivity index (χ0n) is 20.9. The van der Waals surface area contributed by atoms with Crippen molar-refractivity contribution in [1.82, 2.24) is 0 Å². The first kappa shape index (κ1) is 23.6. The number of aliphatic hydroxyl groups is 2. The summed E-state index contributed by atoms with van der Waals surface area (Å²) >= 11 is 0. The lowest BCUT2D eigenvalue weighted by molar-refractivity contribution is -0.0590. The van der Waals surface area contributed by atoms with E-state index in [0.717, 1.165) is 49.4 Å².